The van der Waals surface area contributed by atoms with Gasteiger partial charge >= 0.3 is 6.03 Å². The first-order valence-electron chi connectivity index (χ1n) is 9.63. The van der Waals surface area contributed by atoms with E-state index in [1.807, 2.05) is 18.2 Å². The molecule has 1 aliphatic heterocycles. The molecule has 2 amide bonds. The number of morpholine rings is 1. The van der Waals surface area contributed by atoms with E-state index >= 15 is 0 Å². The van der Waals surface area contributed by atoms with Crippen LogP contribution < -0.4 is 10.6 Å². The standard InChI is InChI=1S/C22H25N3O2S/c26-22(23-14-18-6-3-5-17-4-1-2-7-20(17)18)24-15-21(19-8-13-28-16-19)25-9-11-27-12-10-25/h1-8,13,16,21H,9-12,14-15H2,(H2,23,24,26). The first kappa shape index (κ1) is 18.9. The van der Waals surface area contributed by atoms with Crippen LogP contribution in [0.3, 0.4) is 0 Å². The molecule has 3 aromatic rings. The van der Waals surface area contributed by atoms with E-state index in [0.717, 1.165) is 31.9 Å². The summed E-state index contributed by atoms with van der Waals surface area (Å²) in [6, 6.07) is 16.6. The smallest absolute Gasteiger partial charge is 0.315 e. The third-order valence-electron chi connectivity index (χ3n) is 5.19. The number of fused-ring (bicyclic) bond motifs is 1. The van der Waals surface area contributed by atoms with Crippen LogP contribution in [0.15, 0.2) is 59.3 Å². The van der Waals surface area contributed by atoms with Gasteiger partial charge in [-0.3, -0.25) is 4.90 Å². The molecule has 1 atom stereocenters. The van der Waals surface area contributed by atoms with Crippen LogP contribution in [0.2, 0.25) is 0 Å². The summed E-state index contributed by atoms with van der Waals surface area (Å²) in [6.07, 6.45) is 0. The maximum Gasteiger partial charge on any atom is 0.315 e. The fraction of sp³-hybridized carbons (Fsp3) is 0.318. The highest BCUT2D eigenvalue weighted by atomic mass is 32.1. The van der Waals surface area contributed by atoms with Gasteiger partial charge in [0.05, 0.1) is 19.3 Å². The molecule has 4 rings (SSSR count). The lowest BCUT2D eigenvalue weighted by atomic mass is 10.0. The molecule has 146 valence electrons. The summed E-state index contributed by atoms with van der Waals surface area (Å²) >= 11 is 1.69. The van der Waals surface area contributed by atoms with Crippen molar-refractivity contribution in [1.29, 1.82) is 0 Å². The number of ether oxygens (including phenoxy) is 1. The molecule has 5 nitrogen and oxygen atoms in total. The van der Waals surface area contributed by atoms with Crippen LogP contribution in [0, 0.1) is 0 Å². The van der Waals surface area contributed by atoms with E-state index in [1.54, 1.807) is 11.3 Å². The Bertz CT molecular complexity index is 902. The van der Waals surface area contributed by atoms with Gasteiger partial charge in [-0.2, -0.15) is 11.3 Å². The molecule has 2 N–H and O–H groups in total. The predicted molar refractivity (Wildman–Crippen MR) is 114 cm³/mol. The van der Waals surface area contributed by atoms with Crippen molar-refractivity contribution in [3.8, 4) is 0 Å². The Balaban J connectivity index is 1.36. The van der Waals surface area contributed by atoms with E-state index < -0.39 is 0 Å². The van der Waals surface area contributed by atoms with Crippen molar-refractivity contribution in [2.24, 2.45) is 0 Å². The molecular weight excluding hydrogens is 370 g/mol. The van der Waals surface area contributed by atoms with Crippen LogP contribution in [0.4, 0.5) is 4.79 Å². The summed E-state index contributed by atoms with van der Waals surface area (Å²) in [4.78, 5) is 14.8. The number of urea groups is 1. The van der Waals surface area contributed by atoms with E-state index in [0.29, 0.717) is 13.1 Å². The molecule has 1 aromatic heterocycles. The summed E-state index contributed by atoms with van der Waals surface area (Å²) < 4.78 is 5.48. The minimum absolute atomic E-state index is 0.138. The van der Waals surface area contributed by atoms with Gasteiger partial charge in [-0.25, -0.2) is 4.79 Å². The third kappa shape index (κ3) is 4.52. The number of amides is 2. The highest BCUT2D eigenvalue weighted by Gasteiger charge is 2.23. The van der Waals surface area contributed by atoms with Crippen LogP contribution in [0.5, 0.6) is 0 Å². The number of nitrogens with zero attached hydrogens (tertiary/aromatic N) is 1. The lowest BCUT2D eigenvalue weighted by molar-refractivity contribution is 0.0168. The van der Waals surface area contributed by atoms with Gasteiger partial charge in [0.2, 0.25) is 0 Å². The number of hydrogen-bond donors (Lipinski definition) is 2. The van der Waals surface area contributed by atoms with E-state index in [-0.39, 0.29) is 12.1 Å². The molecule has 6 heteroatoms. The first-order valence-corrected chi connectivity index (χ1v) is 10.6. The van der Waals surface area contributed by atoms with Crippen LogP contribution in [-0.4, -0.2) is 43.8 Å². The Morgan fingerprint density at radius 3 is 2.71 bits per heavy atom. The van der Waals surface area contributed by atoms with Gasteiger partial charge in [-0.1, -0.05) is 42.5 Å². The summed E-state index contributed by atoms with van der Waals surface area (Å²) in [5, 5.41) is 12.7. The van der Waals surface area contributed by atoms with Gasteiger partial charge in [0, 0.05) is 26.2 Å². The zero-order chi connectivity index (χ0) is 19.2. The lowest BCUT2D eigenvalue weighted by Gasteiger charge is -2.34. The Labute approximate surface area is 169 Å². The van der Waals surface area contributed by atoms with Crippen molar-refractivity contribution in [3.05, 3.63) is 70.4 Å². The van der Waals surface area contributed by atoms with Crippen LogP contribution in [-0.2, 0) is 11.3 Å². The second-order valence-electron chi connectivity index (χ2n) is 6.92. The molecule has 1 saturated heterocycles. The topological polar surface area (TPSA) is 53.6 Å². The minimum Gasteiger partial charge on any atom is -0.379 e. The average molecular weight is 396 g/mol. The van der Waals surface area contributed by atoms with E-state index in [4.69, 9.17) is 4.74 Å². The number of carbonyl (C=O) groups excluding carboxylic acids is 1. The predicted octanol–water partition coefficient (Wildman–Crippen LogP) is 3.77. The van der Waals surface area contributed by atoms with Crippen molar-refractivity contribution >= 4 is 28.1 Å². The van der Waals surface area contributed by atoms with Crippen molar-refractivity contribution in [1.82, 2.24) is 15.5 Å². The molecule has 2 heterocycles. The summed E-state index contributed by atoms with van der Waals surface area (Å²) in [7, 11) is 0. The van der Waals surface area contributed by atoms with Gasteiger partial charge in [-0.05, 0) is 38.7 Å². The maximum atomic E-state index is 12.4. The quantitative estimate of drug-likeness (QED) is 0.668. The van der Waals surface area contributed by atoms with Crippen LogP contribution in [0.25, 0.3) is 10.8 Å². The van der Waals surface area contributed by atoms with Crippen LogP contribution >= 0.6 is 11.3 Å². The molecule has 1 unspecified atom stereocenters. The van der Waals surface area contributed by atoms with Gasteiger partial charge in [-0.15, -0.1) is 0 Å². The summed E-state index contributed by atoms with van der Waals surface area (Å²) in [5.41, 5.74) is 2.37. The fourth-order valence-corrected chi connectivity index (χ4v) is 4.39. The molecule has 1 aliphatic rings. The number of thiophene rings is 1. The largest absolute Gasteiger partial charge is 0.379 e. The Kier molecular flexibility index (Phi) is 6.21. The maximum absolute atomic E-state index is 12.4. The zero-order valence-corrected chi connectivity index (χ0v) is 16.6. The molecule has 0 bridgehead atoms. The number of nitrogens with one attached hydrogen (secondary N) is 2. The molecular formula is C22H25N3O2S. The molecule has 2 aromatic carbocycles. The van der Waals surface area contributed by atoms with Gasteiger partial charge in [0.1, 0.15) is 0 Å². The van der Waals surface area contributed by atoms with E-state index in [9.17, 15) is 4.79 Å². The highest BCUT2D eigenvalue weighted by Crippen LogP contribution is 2.23. The van der Waals surface area contributed by atoms with Gasteiger partial charge < -0.3 is 15.4 Å². The Morgan fingerprint density at radius 1 is 1.07 bits per heavy atom. The van der Waals surface area contributed by atoms with Gasteiger partial charge in [0.25, 0.3) is 0 Å². The fourth-order valence-electron chi connectivity index (χ4n) is 3.69. The Morgan fingerprint density at radius 2 is 1.89 bits per heavy atom. The second kappa shape index (κ2) is 9.19. The molecule has 0 radical (unpaired) electrons. The van der Waals surface area contributed by atoms with Crippen LogP contribution in [0.1, 0.15) is 17.2 Å². The summed E-state index contributed by atoms with van der Waals surface area (Å²) in [6.45, 7) is 4.35. The van der Waals surface area contributed by atoms with Gasteiger partial charge in [0.15, 0.2) is 0 Å². The number of rotatable bonds is 6. The second-order valence-corrected chi connectivity index (χ2v) is 7.70. The SMILES string of the molecule is O=C(NCc1cccc2ccccc12)NCC(c1ccsc1)N1CCOCC1. The van der Waals surface area contributed by atoms with E-state index in [2.05, 4.69) is 56.6 Å². The molecule has 0 spiro atoms. The molecule has 0 aliphatic carbocycles. The van der Waals surface area contributed by atoms with Crippen molar-refractivity contribution in [2.45, 2.75) is 12.6 Å². The monoisotopic (exact) mass is 395 g/mol. The zero-order valence-electron chi connectivity index (χ0n) is 15.8. The van der Waals surface area contributed by atoms with Crippen molar-refractivity contribution < 1.29 is 9.53 Å². The molecule has 1 fully saturated rings. The third-order valence-corrected chi connectivity index (χ3v) is 5.89. The Hall–Kier alpha value is -2.41. The normalized spacial score (nSPS) is 16.0. The average Bonchev–Trinajstić information content (AvgIpc) is 3.28. The van der Waals surface area contributed by atoms with Crippen molar-refractivity contribution in [3.63, 3.8) is 0 Å². The number of hydrogen-bond acceptors (Lipinski definition) is 4. The minimum atomic E-state index is -0.138. The number of benzene rings is 2. The molecule has 28 heavy (non-hydrogen) atoms. The number of carbonyl (C=O) groups is 1. The van der Waals surface area contributed by atoms with Crippen molar-refractivity contribution in [2.75, 3.05) is 32.8 Å². The summed E-state index contributed by atoms with van der Waals surface area (Å²) in [5.74, 6) is 0. The van der Waals surface area contributed by atoms with E-state index in [1.165, 1.54) is 16.3 Å². The first-order chi connectivity index (χ1) is 13.8. The highest BCUT2D eigenvalue weighted by molar-refractivity contribution is 7.07. The lowest BCUT2D eigenvalue weighted by Crippen LogP contribution is -2.45. The molecule has 0 saturated carbocycles.